The standard InChI is InChI=1S/C23H25N3OS/c27-22(26-13-5-7-17-6-1-3-9-20(17)26)16-25-14-11-18(12-15-25)23-24-19-8-2-4-10-21(19)28-23/h1-4,6,8-10,18H,5,7,11-16H2. The second-order valence-corrected chi connectivity index (χ2v) is 8.91. The van der Waals surface area contributed by atoms with E-state index in [0.29, 0.717) is 12.5 Å². The number of nitrogens with zero attached hydrogens (tertiary/aromatic N) is 3. The van der Waals surface area contributed by atoms with Crippen molar-refractivity contribution in [1.29, 1.82) is 0 Å². The van der Waals surface area contributed by atoms with E-state index in [0.717, 1.165) is 56.5 Å². The topological polar surface area (TPSA) is 36.4 Å². The third-order valence-electron chi connectivity index (χ3n) is 6.02. The zero-order valence-corrected chi connectivity index (χ0v) is 16.8. The molecule has 144 valence electrons. The largest absolute Gasteiger partial charge is 0.311 e. The summed E-state index contributed by atoms with van der Waals surface area (Å²) < 4.78 is 1.28. The average molecular weight is 392 g/mol. The quantitative estimate of drug-likeness (QED) is 0.662. The summed E-state index contributed by atoms with van der Waals surface area (Å²) in [5.74, 6) is 0.769. The van der Waals surface area contributed by atoms with Gasteiger partial charge in [-0.15, -0.1) is 11.3 Å². The van der Waals surface area contributed by atoms with Gasteiger partial charge in [-0.3, -0.25) is 9.69 Å². The third kappa shape index (κ3) is 3.45. The molecule has 28 heavy (non-hydrogen) atoms. The van der Waals surface area contributed by atoms with E-state index in [1.807, 2.05) is 22.3 Å². The van der Waals surface area contributed by atoms with Gasteiger partial charge in [0.15, 0.2) is 0 Å². The number of rotatable bonds is 3. The molecular weight excluding hydrogens is 366 g/mol. The van der Waals surface area contributed by atoms with E-state index in [1.165, 1.54) is 15.3 Å². The molecule has 0 N–H and O–H groups in total. The summed E-state index contributed by atoms with van der Waals surface area (Å²) in [7, 11) is 0. The lowest BCUT2D eigenvalue weighted by atomic mass is 9.97. The number of likely N-dealkylation sites (tertiary alicyclic amines) is 1. The fraction of sp³-hybridized carbons (Fsp3) is 0.391. The molecule has 0 atom stereocenters. The van der Waals surface area contributed by atoms with E-state index in [1.54, 1.807) is 0 Å². The fourth-order valence-electron chi connectivity index (χ4n) is 4.47. The maximum absolute atomic E-state index is 13.0. The number of carbonyl (C=O) groups excluding carboxylic acids is 1. The number of aryl methyl sites for hydroxylation is 1. The monoisotopic (exact) mass is 391 g/mol. The molecular formula is C23H25N3OS. The Morgan fingerprint density at radius 1 is 1.04 bits per heavy atom. The number of para-hydroxylation sites is 2. The Kier molecular flexibility index (Phi) is 4.87. The van der Waals surface area contributed by atoms with E-state index < -0.39 is 0 Å². The van der Waals surface area contributed by atoms with Crippen LogP contribution in [0.4, 0.5) is 5.69 Å². The summed E-state index contributed by atoms with van der Waals surface area (Å²) in [4.78, 5) is 22.1. The Balaban J connectivity index is 1.21. The molecule has 0 bridgehead atoms. The molecule has 1 amide bonds. The number of amides is 1. The number of piperidine rings is 1. The lowest BCUT2D eigenvalue weighted by Crippen LogP contribution is -2.45. The Morgan fingerprint density at radius 3 is 2.68 bits per heavy atom. The molecule has 1 saturated heterocycles. The molecule has 4 nitrogen and oxygen atoms in total. The van der Waals surface area contributed by atoms with Crippen LogP contribution in [-0.4, -0.2) is 42.0 Å². The first-order chi connectivity index (χ1) is 13.8. The molecule has 1 fully saturated rings. The van der Waals surface area contributed by atoms with Crippen molar-refractivity contribution < 1.29 is 4.79 Å². The van der Waals surface area contributed by atoms with Crippen molar-refractivity contribution in [3.63, 3.8) is 0 Å². The van der Waals surface area contributed by atoms with Crippen molar-refractivity contribution in [2.45, 2.75) is 31.6 Å². The normalized spacial score (nSPS) is 18.4. The van der Waals surface area contributed by atoms with Gasteiger partial charge in [-0.25, -0.2) is 4.98 Å². The van der Waals surface area contributed by atoms with E-state index in [4.69, 9.17) is 4.98 Å². The number of hydrogen-bond donors (Lipinski definition) is 0. The van der Waals surface area contributed by atoms with Gasteiger partial charge in [-0.05, 0) is 62.5 Å². The molecule has 0 spiro atoms. The van der Waals surface area contributed by atoms with Gasteiger partial charge in [0, 0.05) is 18.2 Å². The maximum atomic E-state index is 13.0. The number of benzene rings is 2. The van der Waals surface area contributed by atoms with Crippen LogP contribution in [0.25, 0.3) is 10.2 Å². The molecule has 3 heterocycles. The second-order valence-electron chi connectivity index (χ2n) is 7.85. The predicted octanol–water partition coefficient (Wildman–Crippen LogP) is 4.46. The molecule has 1 aromatic heterocycles. The summed E-state index contributed by atoms with van der Waals surface area (Å²) in [6.45, 7) is 3.32. The lowest BCUT2D eigenvalue weighted by Gasteiger charge is -2.34. The minimum atomic E-state index is 0.241. The smallest absolute Gasteiger partial charge is 0.241 e. The zero-order chi connectivity index (χ0) is 18.9. The van der Waals surface area contributed by atoms with Crippen molar-refractivity contribution in [3.05, 3.63) is 59.1 Å². The van der Waals surface area contributed by atoms with Crippen LogP contribution in [-0.2, 0) is 11.2 Å². The Hall–Kier alpha value is -2.24. The van der Waals surface area contributed by atoms with Gasteiger partial charge in [-0.1, -0.05) is 30.3 Å². The number of carbonyl (C=O) groups is 1. The maximum Gasteiger partial charge on any atom is 0.241 e. The molecule has 5 rings (SSSR count). The molecule has 0 aliphatic carbocycles. The van der Waals surface area contributed by atoms with Gasteiger partial charge in [0.25, 0.3) is 0 Å². The Morgan fingerprint density at radius 2 is 1.82 bits per heavy atom. The molecule has 0 radical (unpaired) electrons. The highest BCUT2D eigenvalue weighted by Crippen LogP contribution is 2.34. The van der Waals surface area contributed by atoms with Crippen molar-refractivity contribution in [2.24, 2.45) is 0 Å². The first kappa shape index (κ1) is 17.8. The van der Waals surface area contributed by atoms with Crippen molar-refractivity contribution in [2.75, 3.05) is 31.1 Å². The molecule has 0 saturated carbocycles. The van der Waals surface area contributed by atoms with Crippen LogP contribution < -0.4 is 4.90 Å². The molecule has 0 unspecified atom stereocenters. The van der Waals surface area contributed by atoms with Crippen molar-refractivity contribution in [3.8, 4) is 0 Å². The van der Waals surface area contributed by atoms with Gasteiger partial charge < -0.3 is 4.90 Å². The van der Waals surface area contributed by atoms with Gasteiger partial charge in [0.05, 0.1) is 21.8 Å². The van der Waals surface area contributed by atoms with Crippen molar-refractivity contribution >= 4 is 33.1 Å². The van der Waals surface area contributed by atoms with Gasteiger partial charge in [0.1, 0.15) is 0 Å². The number of fused-ring (bicyclic) bond motifs is 2. The summed E-state index contributed by atoms with van der Waals surface area (Å²) in [6, 6.07) is 16.7. The van der Waals surface area contributed by atoms with Gasteiger partial charge in [-0.2, -0.15) is 0 Å². The predicted molar refractivity (Wildman–Crippen MR) is 115 cm³/mol. The summed E-state index contributed by atoms with van der Waals surface area (Å²) in [5, 5.41) is 1.26. The molecule has 3 aromatic rings. The number of aromatic nitrogens is 1. The first-order valence-corrected chi connectivity index (χ1v) is 11.1. The molecule has 5 heteroatoms. The zero-order valence-electron chi connectivity index (χ0n) is 16.0. The van der Waals surface area contributed by atoms with Gasteiger partial charge >= 0.3 is 0 Å². The van der Waals surface area contributed by atoms with Crippen LogP contribution >= 0.6 is 11.3 Å². The minimum Gasteiger partial charge on any atom is -0.311 e. The van der Waals surface area contributed by atoms with Crippen LogP contribution in [0, 0.1) is 0 Å². The number of hydrogen-bond acceptors (Lipinski definition) is 4. The summed E-state index contributed by atoms with van der Waals surface area (Å²) in [5.41, 5.74) is 3.53. The van der Waals surface area contributed by atoms with Crippen molar-refractivity contribution in [1.82, 2.24) is 9.88 Å². The van der Waals surface area contributed by atoms with E-state index >= 15 is 0 Å². The third-order valence-corrected chi connectivity index (χ3v) is 7.22. The van der Waals surface area contributed by atoms with Crippen LogP contribution in [0.15, 0.2) is 48.5 Å². The summed E-state index contributed by atoms with van der Waals surface area (Å²) in [6.07, 6.45) is 4.31. The van der Waals surface area contributed by atoms with E-state index in [9.17, 15) is 4.79 Å². The number of anilines is 1. The van der Waals surface area contributed by atoms with Crippen LogP contribution in [0.3, 0.4) is 0 Å². The highest BCUT2D eigenvalue weighted by molar-refractivity contribution is 7.18. The van der Waals surface area contributed by atoms with Gasteiger partial charge in [0.2, 0.25) is 5.91 Å². The second kappa shape index (κ2) is 7.64. The van der Waals surface area contributed by atoms with E-state index in [2.05, 4.69) is 47.4 Å². The van der Waals surface area contributed by atoms with E-state index in [-0.39, 0.29) is 5.91 Å². The highest BCUT2D eigenvalue weighted by Gasteiger charge is 2.27. The van der Waals surface area contributed by atoms with Crippen LogP contribution in [0.1, 0.15) is 35.8 Å². The molecule has 2 aromatic carbocycles. The van der Waals surface area contributed by atoms with Crippen LogP contribution in [0.5, 0.6) is 0 Å². The minimum absolute atomic E-state index is 0.241. The lowest BCUT2D eigenvalue weighted by molar-refractivity contribution is -0.120. The average Bonchev–Trinajstić information content (AvgIpc) is 3.18. The van der Waals surface area contributed by atoms with Crippen LogP contribution in [0.2, 0.25) is 0 Å². The Labute approximate surface area is 169 Å². The Bertz CT molecular complexity index is 957. The SMILES string of the molecule is O=C(CN1CCC(c2nc3ccccc3s2)CC1)N1CCCc2ccccc21. The molecule has 2 aliphatic heterocycles. The summed E-state index contributed by atoms with van der Waals surface area (Å²) >= 11 is 1.83. The fourth-order valence-corrected chi connectivity index (χ4v) is 5.61. The molecule has 2 aliphatic rings. The first-order valence-electron chi connectivity index (χ1n) is 10.2. The highest BCUT2D eigenvalue weighted by atomic mass is 32.1. The number of thiazole rings is 1.